The molecule has 0 radical (unpaired) electrons. The molecule has 1 N–H and O–H groups in total. The van der Waals surface area contributed by atoms with Gasteiger partial charge in [0.25, 0.3) is 0 Å². The normalized spacial score (nSPS) is 20.8. The number of unbranched alkanes of at least 4 members (excludes halogenated alkanes) is 2. The molecule has 1 unspecified atom stereocenters. The first-order chi connectivity index (χ1) is 8.24. The first kappa shape index (κ1) is 14.5. The molecule has 17 heavy (non-hydrogen) atoms. The van der Waals surface area contributed by atoms with Crippen LogP contribution in [0.4, 0.5) is 0 Å². The van der Waals surface area contributed by atoms with Gasteiger partial charge < -0.3 is 10.2 Å². The summed E-state index contributed by atoms with van der Waals surface area (Å²) in [5.74, 6) is 0.821. The number of piperidine rings is 1. The largest absolute Gasteiger partial charge is 0.316 e. The van der Waals surface area contributed by atoms with E-state index < -0.39 is 0 Å². The SMILES string of the molecule is CC(C)N(CCCCC#N)CC1CCCNC1. The van der Waals surface area contributed by atoms with Crippen LogP contribution in [0, 0.1) is 17.2 Å². The van der Waals surface area contributed by atoms with E-state index in [1.807, 2.05) is 0 Å². The van der Waals surface area contributed by atoms with Crippen LogP contribution < -0.4 is 5.32 Å². The molecule has 3 nitrogen and oxygen atoms in total. The van der Waals surface area contributed by atoms with Crippen LogP contribution in [0.5, 0.6) is 0 Å². The van der Waals surface area contributed by atoms with Crippen LogP contribution in [-0.4, -0.2) is 37.1 Å². The Kier molecular flexibility index (Phi) is 7.23. The fourth-order valence-corrected chi connectivity index (χ4v) is 2.49. The van der Waals surface area contributed by atoms with Gasteiger partial charge in [-0.25, -0.2) is 0 Å². The van der Waals surface area contributed by atoms with Crippen LogP contribution in [-0.2, 0) is 0 Å². The van der Waals surface area contributed by atoms with Crippen molar-refractivity contribution in [3.63, 3.8) is 0 Å². The van der Waals surface area contributed by atoms with Gasteiger partial charge >= 0.3 is 0 Å². The highest BCUT2D eigenvalue weighted by Crippen LogP contribution is 2.14. The lowest BCUT2D eigenvalue weighted by atomic mass is 9.98. The Morgan fingerprint density at radius 3 is 2.82 bits per heavy atom. The molecule has 1 heterocycles. The van der Waals surface area contributed by atoms with Crippen molar-refractivity contribution >= 4 is 0 Å². The van der Waals surface area contributed by atoms with Gasteiger partial charge in [-0.2, -0.15) is 5.26 Å². The summed E-state index contributed by atoms with van der Waals surface area (Å²) in [5.41, 5.74) is 0. The maximum absolute atomic E-state index is 8.53. The minimum absolute atomic E-state index is 0.624. The lowest BCUT2D eigenvalue weighted by Gasteiger charge is -2.32. The molecule has 0 aliphatic carbocycles. The van der Waals surface area contributed by atoms with Gasteiger partial charge in [-0.3, -0.25) is 0 Å². The van der Waals surface area contributed by atoms with Crippen molar-refractivity contribution in [2.45, 2.75) is 52.0 Å². The van der Waals surface area contributed by atoms with Crippen molar-refractivity contribution in [3.8, 4) is 6.07 Å². The van der Waals surface area contributed by atoms with Crippen molar-refractivity contribution in [1.29, 1.82) is 5.26 Å². The van der Waals surface area contributed by atoms with Crippen LogP contribution in [0.1, 0.15) is 46.0 Å². The Hall–Kier alpha value is -0.590. The molecule has 0 bridgehead atoms. The van der Waals surface area contributed by atoms with Crippen molar-refractivity contribution < 1.29 is 0 Å². The van der Waals surface area contributed by atoms with Gasteiger partial charge in [0.1, 0.15) is 0 Å². The third kappa shape index (κ3) is 6.05. The number of nitrogens with one attached hydrogen (secondary N) is 1. The summed E-state index contributed by atoms with van der Waals surface area (Å²) in [7, 11) is 0. The Morgan fingerprint density at radius 1 is 1.41 bits per heavy atom. The minimum Gasteiger partial charge on any atom is -0.316 e. The van der Waals surface area contributed by atoms with Gasteiger partial charge in [0.05, 0.1) is 6.07 Å². The number of hydrogen-bond donors (Lipinski definition) is 1. The topological polar surface area (TPSA) is 39.1 Å². The molecule has 0 amide bonds. The van der Waals surface area contributed by atoms with E-state index in [9.17, 15) is 0 Å². The second-order valence-corrected chi connectivity index (χ2v) is 5.42. The zero-order valence-electron chi connectivity index (χ0n) is 11.4. The molecule has 0 saturated carbocycles. The van der Waals surface area contributed by atoms with Gasteiger partial charge in [-0.05, 0) is 65.1 Å². The summed E-state index contributed by atoms with van der Waals surface area (Å²) in [6.07, 6.45) is 5.60. The Labute approximate surface area is 106 Å². The van der Waals surface area contributed by atoms with Crippen LogP contribution in [0.3, 0.4) is 0 Å². The molecule has 0 aromatic heterocycles. The Balaban J connectivity index is 2.24. The molecule has 1 rings (SSSR count). The summed E-state index contributed by atoms with van der Waals surface area (Å²) in [6.45, 7) is 9.30. The average molecular weight is 237 g/mol. The second kappa shape index (κ2) is 8.49. The summed E-state index contributed by atoms with van der Waals surface area (Å²) in [4.78, 5) is 2.58. The molecule has 0 spiro atoms. The predicted octanol–water partition coefficient (Wildman–Crippen LogP) is 2.39. The van der Waals surface area contributed by atoms with Crippen LogP contribution in [0.15, 0.2) is 0 Å². The van der Waals surface area contributed by atoms with Crippen molar-refractivity contribution in [3.05, 3.63) is 0 Å². The number of rotatable bonds is 7. The van der Waals surface area contributed by atoms with Crippen molar-refractivity contribution in [2.75, 3.05) is 26.2 Å². The van der Waals surface area contributed by atoms with Crippen LogP contribution in [0.2, 0.25) is 0 Å². The van der Waals surface area contributed by atoms with Gasteiger partial charge in [0, 0.05) is 19.0 Å². The van der Waals surface area contributed by atoms with E-state index in [0.29, 0.717) is 12.5 Å². The second-order valence-electron chi connectivity index (χ2n) is 5.42. The Morgan fingerprint density at radius 2 is 2.24 bits per heavy atom. The summed E-state index contributed by atoms with van der Waals surface area (Å²) in [5, 5.41) is 12.0. The molecule has 1 atom stereocenters. The van der Waals surface area contributed by atoms with E-state index >= 15 is 0 Å². The van der Waals surface area contributed by atoms with E-state index in [0.717, 1.165) is 25.3 Å². The molecule has 1 fully saturated rings. The van der Waals surface area contributed by atoms with E-state index in [1.165, 1.54) is 32.5 Å². The zero-order valence-corrected chi connectivity index (χ0v) is 11.4. The number of nitriles is 1. The molecule has 1 saturated heterocycles. The molecule has 0 aromatic carbocycles. The number of hydrogen-bond acceptors (Lipinski definition) is 3. The number of nitrogens with zero attached hydrogens (tertiary/aromatic N) is 2. The summed E-state index contributed by atoms with van der Waals surface area (Å²) in [6, 6.07) is 2.85. The highest BCUT2D eigenvalue weighted by atomic mass is 15.1. The molecule has 1 aliphatic rings. The summed E-state index contributed by atoms with van der Waals surface area (Å²) < 4.78 is 0. The van der Waals surface area contributed by atoms with Crippen molar-refractivity contribution in [2.24, 2.45) is 5.92 Å². The fourth-order valence-electron chi connectivity index (χ4n) is 2.49. The van der Waals surface area contributed by atoms with Gasteiger partial charge in [0.15, 0.2) is 0 Å². The lowest BCUT2D eigenvalue weighted by molar-refractivity contribution is 0.169. The molecular weight excluding hydrogens is 210 g/mol. The smallest absolute Gasteiger partial charge is 0.0621 e. The zero-order chi connectivity index (χ0) is 12.5. The Bertz CT molecular complexity index is 226. The molecule has 3 heteroatoms. The molecular formula is C14H27N3. The van der Waals surface area contributed by atoms with E-state index in [1.54, 1.807) is 0 Å². The molecule has 98 valence electrons. The monoisotopic (exact) mass is 237 g/mol. The maximum Gasteiger partial charge on any atom is 0.0621 e. The minimum atomic E-state index is 0.624. The quantitative estimate of drug-likeness (QED) is 0.691. The van der Waals surface area contributed by atoms with Gasteiger partial charge in [-0.1, -0.05) is 0 Å². The highest BCUT2D eigenvalue weighted by molar-refractivity contribution is 4.75. The standard InChI is InChI=1S/C14H27N3/c1-13(2)17(10-5-3-4-8-15)12-14-7-6-9-16-11-14/h13-14,16H,3-7,9-12H2,1-2H3. The summed E-state index contributed by atoms with van der Waals surface area (Å²) >= 11 is 0. The van der Waals surface area contributed by atoms with Gasteiger partial charge in [0.2, 0.25) is 0 Å². The van der Waals surface area contributed by atoms with Crippen molar-refractivity contribution in [1.82, 2.24) is 10.2 Å². The van der Waals surface area contributed by atoms with E-state index in [4.69, 9.17) is 5.26 Å². The van der Waals surface area contributed by atoms with Crippen LogP contribution >= 0.6 is 0 Å². The predicted molar refractivity (Wildman–Crippen MR) is 71.8 cm³/mol. The highest BCUT2D eigenvalue weighted by Gasteiger charge is 2.18. The van der Waals surface area contributed by atoms with E-state index in [-0.39, 0.29) is 0 Å². The maximum atomic E-state index is 8.53. The lowest BCUT2D eigenvalue weighted by Crippen LogP contribution is -2.41. The first-order valence-corrected chi connectivity index (χ1v) is 7.05. The van der Waals surface area contributed by atoms with E-state index in [2.05, 4.69) is 30.1 Å². The first-order valence-electron chi connectivity index (χ1n) is 7.05. The fraction of sp³-hybridized carbons (Fsp3) is 0.929. The third-order valence-corrected chi connectivity index (χ3v) is 3.61. The average Bonchev–Trinajstić information content (AvgIpc) is 2.34. The van der Waals surface area contributed by atoms with Gasteiger partial charge in [-0.15, -0.1) is 0 Å². The molecule has 0 aromatic rings. The van der Waals surface area contributed by atoms with Crippen LogP contribution in [0.25, 0.3) is 0 Å². The third-order valence-electron chi connectivity index (χ3n) is 3.61. The molecule has 1 aliphatic heterocycles.